The molecule has 0 bridgehead atoms. The number of benzene rings is 9. The van der Waals surface area contributed by atoms with Crippen LogP contribution in [0.15, 0.2) is 212 Å². The molecule has 0 saturated heterocycles. The number of nitrogens with zero attached hydrogens (tertiary/aromatic N) is 5. The van der Waals surface area contributed by atoms with E-state index >= 15 is 0 Å². The Hall–Kier alpha value is -8.15. The van der Waals surface area contributed by atoms with Crippen molar-refractivity contribution < 1.29 is 6.85 Å². The van der Waals surface area contributed by atoms with Crippen molar-refractivity contribution in [2.24, 2.45) is 0 Å². The van der Waals surface area contributed by atoms with Gasteiger partial charge in [0, 0.05) is 38.4 Å². The third kappa shape index (κ3) is 5.37. The van der Waals surface area contributed by atoms with Gasteiger partial charge < -0.3 is 4.57 Å². The van der Waals surface area contributed by atoms with Crippen LogP contribution in [0, 0.1) is 0 Å². The molecular formula is C55H35N5. The molecule has 0 fully saturated rings. The van der Waals surface area contributed by atoms with E-state index in [1.54, 1.807) is 0 Å². The van der Waals surface area contributed by atoms with Crippen LogP contribution < -0.4 is 0 Å². The maximum Gasteiger partial charge on any atom is 0.238 e. The van der Waals surface area contributed by atoms with E-state index in [9.17, 15) is 0 Å². The molecule has 280 valence electrons. The zero-order chi connectivity index (χ0) is 43.9. The van der Waals surface area contributed by atoms with Crippen LogP contribution in [0.4, 0.5) is 0 Å². The molecule has 12 rings (SSSR count). The van der Waals surface area contributed by atoms with Gasteiger partial charge in [0.15, 0.2) is 11.6 Å². The van der Waals surface area contributed by atoms with Gasteiger partial charge in [-0.05, 0) is 57.3 Å². The van der Waals surface area contributed by atoms with Gasteiger partial charge in [-0.15, -0.1) is 0 Å². The first-order valence-corrected chi connectivity index (χ1v) is 19.9. The average Bonchev–Trinajstić information content (AvgIpc) is 3.89. The summed E-state index contributed by atoms with van der Waals surface area (Å²) in [6, 6.07) is 59.4. The molecule has 0 aliphatic rings. The van der Waals surface area contributed by atoms with Crippen LogP contribution in [0.3, 0.4) is 0 Å². The van der Waals surface area contributed by atoms with Crippen molar-refractivity contribution in [3.63, 3.8) is 0 Å². The van der Waals surface area contributed by atoms with Crippen molar-refractivity contribution >= 4 is 54.4 Å². The number of rotatable bonds is 6. The Kier molecular flexibility index (Phi) is 6.68. The molecular weight excluding hydrogens is 731 g/mol. The molecule has 0 radical (unpaired) electrons. The SMILES string of the molecule is [2H]c1c([2H])c([2H])c(-c2cc(-n3c4ccccc4c4ccc5c6ccccc6n(-c6nc(-c7ccccc7)nc(-c7cccc8ccccc78)n6)c5c43)ccc2-c2ccccc2)c([2H])c1[2H]. The van der Waals surface area contributed by atoms with Crippen molar-refractivity contribution in [1.82, 2.24) is 24.1 Å². The summed E-state index contributed by atoms with van der Waals surface area (Å²) in [5.74, 6) is 1.54. The molecule has 0 saturated carbocycles. The normalized spacial score (nSPS) is 12.8. The first-order valence-electron chi connectivity index (χ1n) is 22.4. The molecule has 5 nitrogen and oxygen atoms in total. The van der Waals surface area contributed by atoms with Gasteiger partial charge in [0.1, 0.15) is 0 Å². The second-order valence-electron chi connectivity index (χ2n) is 14.8. The van der Waals surface area contributed by atoms with E-state index < -0.39 is 6.04 Å². The minimum atomic E-state index is -0.434. The Bertz CT molecular complexity index is 3870. The predicted molar refractivity (Wildman–Crippen MR) is 248 cm³/mol. The van der Waals surface area contributed by atoms with E-state index in [-0.39, 0.29) is 29.7 Å². The molecule has 0 aliphatic heterocycles. The van der Waals surface area contributed by atoms with E-state index in [1.807, 2.05) is 121 Å². The Morgan fingerprint density at radius 2 is 0.950 bits per heavy atom. The lowest BCUT2D eigenvalue weighted by Crippen LogP contribution is -2.07. The van der Waals surface area contributed by atoms with Crippen molar-refractivity contribution in [1.29, 1.82) is 0 Å². The smallest absolute Gasteiger partial charge is 0.238 e. The van der Waals surface area contributed by atoms with Gasteiger partial charge in [-0.1, -0.05) is 188 Å². The fraction of sp³-hybridized carbons (Fsp3) is 0. The van der Waals surface area contributed by atoms with Gasteiger partial charge in [0.05, 0.1) is 28.9 Å². The van der Waals surface area contributed by atoms with Crippen LogP contribution in [0.5, 0.6) is 0 Å². The van der Waals surface area contributed by atoms with E-state index in [0.717, 1.165) is 82.3 Å². The van der Waals surface area contributed by atoms with Crippen LogP contribution >= 0.6 is 0 Å². The summed E-state index contributed by atoms with van der Waals surface area (Å²) < 4.78 is 48.4. The fourth-order valence-electron chi connectivity index (χ4n) is 8.83. The molecule has 12 aromatic rings. The second-order valence-corrected chi connectivity index (χ2v) is 14.8. The lowest BCUT2D eigenvalue weighted by atomic mass is 9.94. The summed E-state index contributed by atoms with van der Waals surface area (Å²) in [5, 5.41) is 6.16. The lowest BCUT2D eigenvalue weighted by molar-refractivity contribution is 0.954. The highest BCUT2D eigenvalue weighted by molar-refractivity contribution is 6.23. The van der Waals surface area contributed by atoms with Crippen molar-refractivity contribution in [3.8, 4) is 56.7 Å². The van der Waals surface area contributed by atoms with Crippen LogP contribution in [0.25, 0.3) is 111 Å². The fourth-order valence-corrected chi connectivity index (χ4v) is 8.83. The maximum absolute atomic E-state index is 9.13. The highest BCUT2D eigenvalue weighted by Gasteiger charge is 2.24. The van der Waals surface area contributed by atoms with Gasteiger partial charge >= 0.3 is 0 Å². The second kappa shape index (κ2) is 13.8. The van der Waals surface area contributed by atoms with Crippen molar-refractivity contribution in [2.45, 2.75) is 0 Å². The molecule has 0 atom stereocenters. The minimum Gasteiger partial charge on any atom is -0.307 e. The summed E-state index contributed by atoms with van der Waals surface area (Å²) in [6.45, 7) is 0. The number of aromatic nitrogens is 5. The third-order valence-corrected chi connectivity index (χ3v) is 11.5. The minimum absolute atomic E-state index is 0.135. The average molecular weight is 771 g/mol. The molecule has 5 heteroatoms. The number of hydrogen-bond donors (Lipinski definition) is 0. The summed E-state index contributed by atoms with van der Waals surface area (Å²) in [6.07, 6.45) is 0. The number of para-hydroxylation sites is 2. The zero-order valence-electron chi connectivity index (χ0n) is 37.1. The van der Waals surface area contributed by atoms with E-state index in [4.69, 9.17) is 21.8 Å². The number of hydrogen-bond acceptors (Lipinski definition) is 3. The summed E-state index contributed by atoms with van der Waals surface area (Å²) in [7, 11) is 0. The first-order chi connectivity index (χ1) is 31.9. The zero-order valence-corrected chi connectivity index (χ0v) is 32.1. The van der Waals surface area contributed by atoms with Crippen molar-refractivity contribution in [3.05, 3.63) is 212 Å². The standard InChI is InChI=1S/C55H35N5/c1-4-17-36(18-5-1)42-32-31-40(35-48(42)38-19-6-2-7-20-38)59-49-29-14-12-26-43(49)45-33-34-46-44-27-13-15-30-50(44)60(52(46)51(45)59)55-57-53(39-22-8-3-9-23-39)56-54(58-55)47-28-16-24-37-21-10-11-25-41(37)47/h1-35H/i2D,6D,7D,19D,20D. The van der Waals surface area contributed by atoms with Gasteiger partial charge in [0.2, 0.25) is 5.95 Å². The molecule has 0 aliphatic carbocycles. The Labute approximate surface area is 353 Å². The highest BCUT2D eigenvalue weighted by atomic mass is 15.2. The van der Waals surface area contributed by atoms with Crippen molar-refractivity contribution in [2.75, 3.05) is 0 Å². The van der Waals surface area contributed by atoms with Gasteiger partial charge in [0.25, 0.3) is 0 Å². The van der Waals surface area contributed by atoms with Gasteiger partial charge in [-0.25, -0.2) is 4.98 Å². The summed E-state index contributed by atoms with van der Waals surface area (Å²) in [4.78, 5) is 15.8. The van der Waals surface area contributed by atoms with Gasteiger partial charge in [-0.2, -0.15) is 9.97 Å². The van der Waals surface area contributed by atoms with E-state index in [1.165, 1.54) is 0 Å². The Morgan fingerprint density at radius 1 is 0.367 bits per heavy atom. The Morgan fingerprint density at radius 3 is 1.68 bits per heavy atom. The highest BCUT2D eigenvalue weighted by Crippen LogP contribution is 2.43. The predicted octanol–water partition coefficient (Wildman–Crippen LogP) is 13.9. The largest absolute Gasteiger partial charge is 0.307 e. The van der Waals surface area contributed by atoms with E-state index in [2.05, 4.69) is 69.8 Å². The maximum atomic E-state index is 9.13. The molecule has 9 aromatic carbocycles. The summed E-state index contributed by atoms with van der Waals surface area (Å²) >= 11 is 0. The van der Waals surface area contributed by atoms with Crippen LogP contribution in [-0.4, -0.2) is 24.1 Å². The van der Waals surface area contributed by atoms with Gasteiger partial charge in [-0.3, -0.25) is 4.57 Å². The summed E-state index contributed by atoms with van der Waals surface area (Å²) in [5.41, 5.74) is 8.38. The van der Waals surface area contributed by atoms with Crippen LogP contribution in [0.2, 0.25) is 0 Å². The third-order valence-electron chi connectivity index (χ3n) is 11.5. The van der Waals surface area contributed by atoms with E-state index in [0.29, 0.717) is 23.2 Å². The van der Waals surface area contributed by atoms with Crippen LogP contribution in [0.1, 0.15) is 6.85 Å². The number of fused-ring (bicyclic) bond motifs is 8. The molecule has 60 heavy (non-hydrogen) atoms. The molecule has 0 N–H and O–H groups in total. The Balaban J connectivity index is 1.22. The first kappa shape index (κ1) is 29.1. The molecule has 0 unspecified atom stereocenters. The molecule has 0 amide bonds. The molecule has 3 heterocycles. The lowest BCUT2D eigenvalue weighted by Gasteiger charge is -2.16. The monoisotopic (exact) mass is 770 g/mol. The van der Waals surface area contributed by atoms with Crippen LogP contribution in [-0.2, 0) is 0 Å². The quantitative estimate of drug-likeness (QED) is 0.169. The topological polar surface area (TPSA) is 48.5 Å². The molecule has 0 spiro atoms. The molecule has 3 aromatic heterocycles.